The van der Waals surface area contributed by atoms with Gasteiger partial charge in [0, 0.05) is 51.4 Å². The molecule has 0 spiro atoms. The van der Waals surface area contributed by atoms with Gasteiger partial charge >= 0.3 is 0 Å². The van der Waals surface area contributed by atoms with Crippen LogP contribution in [0.5, 0.6) is 0 Å². The average Bonchev–Trinajstić information content (AvgIpc) is 3.06. The number of aromatic nitrogens is 2. The lowest BCUT2D eigenvalue weighted by Gasteiger charge is -2.35. The summed E-state index contributed by atoms with van der Waals surface area (Å²) in [6, 6.07) is 7.72. The van der Waals surface area contributed by atoms with Crippen LogP contribution in [0.25, 0.3) is 0 Å². The molecule has 1 N–H and O–H groups in total. The number of benzene rings is 1. The van der Waals surface area contributed by atoms with E-state index in [0.29, 0.717) is 11.1 Å². The number of nitrogens with zero attached hydrogens (tertiary/aromatic N) is 4. The van der Waals surface area contributed by atoms with Crippen molar-refractivity contribution in [3.8, 4) is 0 Å². The number of nitrogens with one attached hydrogen (secondary N) is 1. The normalized spacial score (nSPS) is 14.4. The minimum absolute atomic E-state index is 0.122. The van der Waals surface area contributed by atoms with Gasteiger partial charge in [0.2, 0.25) is 17.7 Å². The molecular formula is C17H21N5O3S. The van der Waals surface area contributed by atoms with Crippen LogP contribution in [0, 0.1) is 6.92 Å². The van der Waals surface area contributed by atoms with Gasteiger partial charge < -0.3 is 19.5 Å². The maximum atomic E-state index is 12.0. The topological polar surface area (TPSA) is 91.6 Å². The maximum absolute atomic E-state index is 12.0. The molecule has 138 valence electrons. The van der Waals surface area contributed by atoms with Crippen LogP contribution in [0.15, 0.2) is 33.9 Å². The third-order valence-electron chi connectivity index (χ3n) is 4.08. The molecule has 1 aromatic heterocycles. The zero-order valence-electron chi connectivity index (χ0n) is 14.8. The zero-order chi connectivity index (χ0) is 18.5. The number of carbonyl (C=O) groups excluding carboxylic acids is 2. The molecule has 1 aliphatic heterocycles. The molecule has 0 bridgehead atoms. The first-order chi connectivity index (χ1) is 12.5. The molecule has 8 nitrogen and oxygen atoms in total. The summed E-state index contributed by atoms with van der Waals surface area (Å²) in [6.07, 6.45) is 0. The van der Waals surface area contributed by atoms with Crippen molar-refractivity contribution in [1.82, 2.24) is 15.1 Å². The second kappa shape index (κ2) is 8.22. The van der Waals surface area contributed by atoms with Crippen LogP contribution in [0.3, 0.4) is 0 Å². The number of thioether (sulfide) groups is 1. The molecule has 26 heavy (non-hydrogen) atoms. The standard InChI is InChI=1S/C17H21N5O3S/c1-12-19-20-17(25-12)26-11-16(24)18-14-3-5-15(6-4-14)22-9-7-21(8-10-22)13(2)23/h3-6H,7-11H2,1-2H3,(H,18,24). The third kappa shape index (κ3) is 4.75. The van der Waals surface area contributed by atoms with E-state index in [-0.39, 0.29) is 17.6 Å². The van der Waals surface area contributed by atoms with Crippen molar-refractivity contribution in [2.45, 2.75) is 19.1 Å². The number of rotatable bonds is 5. The highest BCUT2D eigenvalue weighted by molar-refractivity contribution is 7.99. The molecule has 2 aromatic rings. The fourth-order valence-corrected chi connectivity index (χ4v) is 3.30. The Kier molecular flexibility index (Phi) is 5.77. The maximum Gasteiger partial charge on any atom is 0.277 e. The largest absolute Gasteiger partial charge is 0.416 e. The fourth-order valence-electron chi connectivity index (χ4n) is 2.70. The van der Waals surface area contributed by atoms with Gasteiger partial charge in [-0.1, -0.05) is 11.8 Å². The Hall–Kier alpha value is -2.55. The van der Waals surface area contributed by atoms with Crippen LogP contribution >= 0.6 is 11.8 Å². The lowest BCUT2D eigenvalue weighted by molar-refractivity contribution is -0.129. The first-order valence-electron chi connectivity index (χ1n) is 8.34. The van der Waals surface area contributed by atoms with E-state index in [1.165, 1.54) is 11.8 Å². The lowest BCUT2D eigenvalue weighted by Crippen LogP contribution is -2.48. The summed E-state index contributed by atoms with van der Waals surface area (Å²) in [5.74, 6) is 0.675. The van der Waals surface area contributed by atoms with Crippen LogP contribution in [0.2, 0.25) is 0 Å². The monoisotopic (exact) mass is 375 g/mol. The molecule has 1 aromatic carbocycles. The summed E-state index contributed by atoms with van der Waals surface area (Å²) in [4.78, 5) is 27.5. The first-order valence-corrected chi connectivity index (χ1v) is 9.33. The van der Waals surface area contributed by atoms with Crippen molar-refractivity contribution < 1.29 is 14.0 Å². The molecule has 1 saturated heterocycles. The number of aryl methyl sites for hydroxylation is 1. The van der Waals surface area contributed by atoms with E-state index in [1.54, 1.807) is 13.8 Å². The van der Waals surface area contributed by atoms with Crippen LogP contribution < -0.4 is 10.2 Å². The van der Waals surface area contributed by atoms with E-state index >= 15 is 0 Å². The van der Waals surface area contributed by atoms with E-state index in [2.05, 4.69) is 20.4 Å². The lowest BCUT2D eigenvalue weighted by atomic mass is 10.2. The number of piperazine rings is 1. The molecule has 0 radical (unpaired) electrons. The van der Waals surface area contributed by atoms with E-state index in [9.17, 15) is 9.59 Å². The average molecular weight is 375 g/mol. The van der Waals surface area contributed by atoms with Crippen LogP contribution in [-0.4, -0.2) is 58.8 Å². The number of hydrogen-bond acceptors (Lipinski definition) is 7. The van der Waals surface area contributed by atoms with Crippen LogP contribution in [-0.2, 0) is 9.59 Å². The van der Waals surface area contributed by atoms with Crippen molar-refractivity contribution in [3.05, 3.63) is 30.2 Å². The highest BCUT2D eigenvalue weighted by Gasteiger charge is 2.18. The fraction of sp³-hybridized carbons (Fsp3) is 0.412. The summed E-state index contributed by atoms with van der Waals surface area (Å²) >= 11 is 1.20. The van der Waals surface area contributed by atoms with Gasteiger partial charge in [0.15, 0.2) is 0 Å². The number of hydrogen-bond donors (Lipinski definition) is 1. The van der Waals surface area contributed by atoms with Crippen LogP contribution in [0.1, 0.15) is 12.8 Å². The number of amides is 2. The Morgan fingerprint density at radius 2 is 1.85 bits per heavy atom. The molecule has 2 amide bonds. The number of carbonyl (C=O) groups is 2. The minimum Gasteiger partial charge on any atom is -0.416 e. The van der Waals surface area contributed by atoms with Crippen molar-refractivity contribution in [3.63, 3.8) is 0 Å². The molecular weight excluding hydrogens is 354 g/mol. The smallest absolute Gasteiger partial charge is 0.277 e. The molecule has 0 atom stereocenters. The highest BCUT2D eigenvalue weighted by Crippen LogP contribution is 2.20. The van der Waals surface area contributed by atoms with Gasteiger partial charge in [-0.05, 0) is 24.3 Å². The Labute approximate surface area is 155 Å². The van der Waals surface area contributed by atoms with Crippen molar-refractivity contribution in [1.29, 1.82) is 0 Å². The Morgan fingerprint density at radius 1 is 1.15 bits per heavy atom. The molecule has 2 heterocycles. The molecule has 0 saturated carbocycles. The van der Waals surface area contributed by atoms with Gasteiger partial charge in [0.05, 0.1) is 5.75 Å². The predicted octanol–water partition coefficient (Wildman–Crippen LogP) is 1.78. The molecule has 3 rings (SSSR count). The molecule has 9 heteroatoms. The Balaban J connectivity index is 1.48. The van der Waals surface area contributed by atoms with Gasteiger partial charge in [-0.2, -0.15) is 0 Å². The van der Waals surface area contributed by atoms with Crippen molar-refractivity contribution >= 4 is 35.0 Å². The van der Waals surface area contributed by atoms with Crippen molar-refractivity contribution in [2.75, 3.05) is 42.1 Å². The minimum atomic E-state index is -0.131. The van der Waals surface area contributed by atoms with Gasteiger partial charge in [-0.3, -0.25) is 9.59 Å². The summed E-state index contributed by atoms with van der Waals surface area (Å²) in [5, 5.41) is 10.8. The Bertz CT molecular complexity index is 769. The van der Waals surface area contributed by atoms with Gasteiger partial charge in [0.1, 0.15) is 0 Å². The third-order valence-corrected chi connectivity index (χ3v) is 4.89. The summed E-state index contributed by atoms with van der Waals surface area (Å²) in [6.45, 7) is 6.40. The predicted molar refractivity (Wildman–Crippen MR) is 99.3 cm³/mol. The van der Waals surface area contributed by atoms with Gasteiger partial charge in [-0.25, -0.2) is 0 Å². The zero-order valence-corrected chi connectivity index (χ0v) is 15.6. The summed E-state index contributed by atoms with van der Waals surface area (Å²) in [5.41, 5.74) is 1.82. The van der Waals surface area contributed by atoms with E-state index in [1.807, 2.05) is 29.2 Å². The van der Waals surface area contributed by atoms with Gasteiger partial charge in [-0.15, -0.1) is 10.2 Å². The van der Waals surface area contributed by atoms with E-state index in [0.717, 1.165) is 37.6 Å². The quantitative estimate of drug-likeness (QED) is 0.797. The SMILES string of the molecule is CC(=O)N1CCN(c2ccc(NC(=O)CSc3nnc(C)o3)cc2)CC1. The summed E-state index contributed by atoms with van der Waals surface area (Å²) in [7, 11) is 0. The van der Waals surface area contributed by atoms with E-state index in [4.69, 9.17) is 4.42 Å². The summed E-state index contributed by atoms with van der Waals surface area (Å²) < 4.78 is 5.22. The second-order valence-electron chi connectivity index (χ2n) is 5.96. The Morgan fingerprint density at radius 3 is 2.42 bits per heavy atom. The van der Waals surface area contributed by atoms with Gasteiger partial charge in [0.25, 0.3) is 5.22 Å². The van der Waals surface area contributed by atoms with E-state index < -0.39 is 0 Å². The molecule has 1 fully saturated rings. The molecule has 0 aliphatic carbocycles. The highest BCUT2D eigenvalue weighted by atomic mass is 32.2. The first kappa shape index (κ1) is 18.2. The number of anilines is 2. The van der Waals surface area contributed by atoms with Crippen molar-refractivity contribution in [2.24, 2.45) is 0 Å². The molecule has 0 unspecified atom stereocenters. The second-order valence-corrected chi connectivity index (χ2v) is 6.89. The molecule has 1 aliphatic rings. The van der Waals surface area contributed by atoms with Crippen LogP contribution in [0.4, 0.5) is 11.4 Å².